The topological polar surface area (TPSA) is 115 Å². The van der Waals surface area contributed by atoms with Crippen molar-refractivity contribution in [2.45, 2.75) is 13.0 Å². The predicted molar refractivity (Wildman–Crippen MR) is 96.2 cm³/mol. The molecule has 1 aliphatic heterocycles. The quantitative estimate of drug-likeness (QED) is 0.596. The molecule has 9 nitrogen and oxygen atoms in total. The number of nitro benzene ring substituents is 1. The summed E-state index contributed by atoms with van der Waals surface area (Å²) in [5.74, 6) is -1.91. The molecule has 10 heteroatoms. The molecule has 0 unspecified atom stereocenters. The molecular formula is C18H17FN4O5. The Morgan fingerprint density at radius 3 is 2.96 bits per heavy atom. The van der Waals surface area contributed by atoms with E-state index in [0.29, 0.717) is 11.4 Å². The smallest absolute Gasteiger partial charge is 0.306 e. The molecule has 1 aromatic carbocycles. The molecule has 0 radical (unpaired) electrons. The molecule has 146 valence electrons. The Kier molecular flexibility index (Phi) is 5.48. The molecule has 0 saturated carbocycles. The molecule has 2 aromatic rings. The Labute approximate surface area is 159 Å². The summed E-state index contributed by atoms with van der Waals surface area (Å²) < 4.78 is 18.6. The van der Waals surface area contributed by atoms with Crippen molar-refractivity contribution >= 4 is 23.2 Å². The van der Waals surface area contributed by atoms with Crippen LogP contribution in [0.15, 0.2) is 36.5 Å². The lowest BCUT2D eigenvalue weighted by atomic mass is 10.1. The SMILES string of the molecule is COc1ncccc1CNC(=O)[C@H]1CC(=O)N(c2ccc(F)c([N+](=O)[O-])c2)C1. The molecule has 1 fully saturated rings. The number of rotatable bonds is 6. The summed E-state index contributed by atoms with van der Waals surface area (Å²) in [6, 6.07) is 6.68. The molecule has 1 N–H and O–H groups in total. The van der Waals surface area contributed by atoms with E-state index in [9.17, 15) is 24.1 Å². The molecule has 0 spiro atoms. The number of ether oxygens (including phenoxy) is 1. The predicted octanol–water partition coefficient (Wildman–Crippen LogP) is 1.81. The van der Waals surface area contributed by atoms with Gasteiger partial charge in [-0.3, -0.25) is 19.7 Å². The molecule has 1 saturated heterocycles. The number of aromatic nitrogens is 1. The van der Waals surface area contributed by atoms with Gasteiger partial charge in [0.25, 0.3) is 0 Å². The van der Waals surface area contributed by atoms with Crippen LogP contribution in [0.5, 0.6) is 5.88 Å². The highest BCUT2D eigenvalue weighted by molar-refractivity contribution is 6.00. The second kappa shape index (κ2) is 7.99. The number of nitro groups is 1. The first-order chi connectivity index (χ1) is 13.4. The summed E-state index contributed by atoms with van der Waals surface area (Å²) in [4.78, 5) is 40.1. The number of hydrogen-bond acceptors (Lipinski definition) is 6. The zero-order chi connectivity index (χ0) is 20.3. The fourth-order valence-electron chi connectivity index (χ4n) is 3.01. The van der Waals surface area contributed by atoms with E-state index in [1.807, 2.05) is 0 Å². The lowest BCUT2D eigenvalue weighted by Crippen LogP contribution is -2.32. The third kappa shape index (κ3) is 3.90. The van der Waals surface area contributed by atoms with Gasteiger partial charge in [-0.2, -0.15) is 4.39 Å². The monoisotopic (exact) mass is 388 g/mol. The Bertz CT molecular complexity index is 936. The van der Waals surface area contributed by atoms with Gasteiger partial charge in [0.15, 0.2) is 0 Å². The molecule has 1 atom stereocenters. The fraction of sp³-hybridized carbons (Fsp3) is 0.278. The zero-order valence-electron chi connectivity index (χ0n) is 14.9. The van der Waals surface area contributed by atoms with E-state index in [1.54, 1.807) is 18.3 Å². The number of amides is 2. The van der Waals surface area contributed by atoms with Crippen molar-refractivity contribution in [1.29, 1.82) is 0 Å². The molecule has 1 aliphatic rings. The number of pyridine rings is 1. The maximum absolute atomic E-state index is 13.5. The second-order valence-electron chi connectivity index (χ2n) is 6.19. The van der Waals surface area contributed by atoms with Crippen LogP contribution in [-0.4, -0.2) is 35.4 Å². The molecule has 0 bridgehead atoms. The number of anilines is 1. The van der Waals surface area contributed by atoms with Gasteiger partial charge in [-0.25, -0.2) is 4.98 Å². The lowest BCUT2D eigenvalue weighted by Gasteiger charge is -2.17. The van der Waals surface area contributed by atoms with Gasteiger partial charge in [-0.15, -0.1) is 0 Å². The van der Waals surface area contributed by atoms with E-state index < -0.39 is 22.3 Å². The van der Waals surface area contributed by atoms with Gasteiger partial charge in [0, 0.05) is 37.3 Å². The van der Waals surface area contributed by atoms with Crippen molar-refractivity contribution in [2.75, 3.05) is 18.6 Å². The highest BCUT2D eigenvalue weighted by Crippen LogP contribution is 2.29. The van der Waals surface area contributed by atoms with E-state index in [1.165, 1.54) is 18.1 Å². The van der Waals surface area contributed by atoms with Crippen LogP contribution in [0.1, 0.15) is 12.0 Å². The number of carbonyl (C=O) groups is 2. The van der Waals surface area contributed by atoms with Gasteiger partial charge in [0.2, 0.25) is 23.5 Å². The number of nitrogens with zero attached hydrogens (tertiary/aromatic N) is 3. The maximum Gasteiger partial charge on any atom is 0.306 e. The van der Waals surface area contributed by atoms with Crippen LogP contribution < -0.4 is 15.0 Å². The normalized spacial score (nSPS) is 16.1. The first kappa shape index (κ1) is 19.2. The number of methoxy groups -OCH3 is 1. The molecule has 28 heavy (non-hydrogen) atoms. The van der Waals surface area contributed by atoms with Gasteiger partial charge in [0.05, 0.1) is 23.6 Å². The largest absolute Gasteiger partial charge is 0.481 e. The van der Waals surface area contributed by atoms with E-state index >= 15 is 0 Å². The lowest BCUT2D eigenvalue weighted by molar-refractivity contribution is -0.387. The minimum Gasteiger partial charge on any atom is -0.481 e. The van der Waals surface area contributed by atoms with Crippen molar-refractivity contribution in [3.05, 3.63) is 58.0 Å². The minimum atomic E-state index is -0.986. The summed E-state index contributed by atoms with van der Waals surface area (Å²) >= 11 is 0. The Balaban J connectivity index is 1.68. The second-order valence-corrected chi connectivity index (χ2v) is 6.19. The number of benzene rings is 1. The van der Waals surface area contributed by atoms with E-state index in [4.69, 9.17) is 4.74 Å². The average molecular weight is 388 g/mol. The van der Waals surface area contributed by atoms with Gasteiger partial charge >= 0.3 is 5.69 Å². The summed E-state index contributed by atoms with van der Waals surface area (Å²) in [5.41, 5.74) is 0.151. The summed E-state index contributed by atoms with van der Waals surface area (Å²) in [6.45, 7) is 0.236. The fourth-order valence-corrected chi connectivity index (χ4v) is 3.01. The molecule has 3 rings (SSSR count). The van der Waals surface area contributed by atoms with Crippen LogP contribution in [0.25, 0.3) is 0 Å². The number of hydrogen-bond donors (Lipinski definition) is 1. The molecule has 1 aromatic heterocycles. The summed E-state index contributed by atoms with van der Waals surface area (Å²) in [7, 11) is 1.48. The van der Waals surface area contributed by atoms with Crippen molar-refractivity contribution in [3.63, 3.8) is 0 Å². The van der Waals surface area contributed by atoms with Crippen LogP contribution in [0.4, 0.5) is 15.8 Å². The number of nitrogens with one attached hydrogen (secondary N) is 1. The van der Waals surface area contributed by atoms with Gasteiger partial charge in [0.1, 0.15) is 0 Å². The molecule has 2 heterocycles. The van der Waals surface area contributed by atoms with Crippen molar-refractivity contribution in [3.8, 4) is 5.88 Å². The minimum absolute atomic E-state index is 0.0405. The van der Waals surface area contributed by atoms with Crippen LogP contribution in [0.2, 0.25) is 0 Å². The average Bonchev–Trinajstić information content (AvgIpc) is 3.08. The Morgan fingerprint density at radius 2 is 2.25 bits per heavy atom. The van der Waals surface area contributed by atoms with Crippen LogP contribution in [0.3, 0.4) is 0 Å². The molecule has 0 aliphatic carbocycles. The summed E-state index contributed by atoms with van der Waals surface area (Å²) in [6.07, 6.45) is 1.53. The Morgan fingerprint density at radius 1 is 1.46 bits per heavy atom. The van der Waals surface area contributed by atoms with Crippen LogP contribution in [0, 0.1) is 21.8 Å². The van der Waals surface area contributed by atoms with Gasteiger partial charge in [-0.05, 0) is 18.2 Å². The standard InChI is InChI=1S/C18H17FN4O5/c1-28-18-11(3-2-6-20-18)9-21-17(25)12-7-16(24)22(10-12)13-4-5-14(19)15(8-13)23(26)27/h2-6,8,12H,7,9-10H2,1H3,(H,21,25)/t12-/m0/s1. The first-order valence-electron chi connectivity index (χ1n) is 8.40. The van der Waals surface area contributed by atoms with Gasteiger partial charge in [-0.1, -0.05) is 6.07 Å². The zero-order valence-corrected chi connectivity index (χ0v) is 14.9. The van der Waals surface area contributed by atoms with Crippen LogP contribution >= 0.6 is 0 Å². The number of carbonyl (C=O) groups excluding carboxylic acids is 2. The number of halogens is 1. The highest BCUT2D eigenvalue weighted by atomic mass is 19.1. The van der Waals surface area contributed by atoms with Crippen molar-refractivity contribution in [2.24, 2.45) is 5.92 Å². The maximum atomic E-state index is 13.5. The third-order valence-corrected chi connectivity index (χ3v) is 4.43. The van der Waals surface area contributed by atoms with Crippen molar-refractivity contribution < 1.29 is 23.6 Å². The summed E-state index contributed by atoms with van der Waals surface area (Å²) in [5, 5.41) is 13.6. The van der Waals surface area contributed by atoms with E-state index in [2.05, 4.69) is 10.3 Å². The Hall–Kier alpha value is -3.56. The van der Waals surface area contributed by atoms with Crippen LogP contribution in [-0.2, 0) is 16.1 Å². The van der Waals surface area contributed by atoms with E-state index in [-0.39, 0.29) is 37.0 Å². The molecular weight excluding hydrogens is 371 g/mol. The first-order valence-corrected chi connectivity index (χ1v) is 8.40. The molecule has 2 amide bonds. The van der Waals surface area contributed by atoms with E-state index in [0.717, 1.165) is 12.1 Å². The van der Waals surface area contributed by atoms with Gasteiger partial charge < -0.3 is 15.0 Å². The van der Waals surface area contributed by atoms with Crippen molar-refractivity contribution in [1.82, 2.24) is 10.3 Å². The highest BCUT2D eigenvalue weighted by Gasteiger charge is 2.35. The third-order valence-electron chi connectivity index (χ3n) is 4.43.